The summed E-state index contributed by atoms with van der Waals surface area (Å²) in [6, 6.07) is 8.58. The van der Waals surface area contributed by atoms with Crippen molar-refractivity contribution in [1.82, 2.24) is 0 Å². The van der Waals surface area contributed by atoms with E-state index in [1.165, 1.54) is 37.7 Å². The van der Waals surface area contributed by atoms with Crippen molar-refractivity contribution in [1.29, 1.82) is 0 Å². The van der Waals surface area contributed by atoms with Crippen LogP contribution in [-0.2, 0) is 0 Å². The molecule has 1 saturated carbocycles. The number of benzene rings is 1. The van der Waals surface area contributed by atoms with E-state index < -0.39 is 0 Å². The lowest BCUT2D eigenvalue weighted by atomic mass is 9.46. The summed E-state index contributed by atoms with van der Waals surface area (Å²) in [7, 11) is 0. The maximum atomic E-state index is 10.8. The van der Waals surface area contributed by atoms with Crippen molar-refractivity contribution in [3.63, 3.8) is 0 Å². The Morgan fingerprint density at radius 1 is 1.00 bits per heavy atom. The van der Waals surface area contributed by atoms with E-state index in [0.717, 1.165) is 24.8 Å². The Kier molecular flexibility index (Phi) is 5.92. The zero-order chi connectivity index (χ0) is 24.3. The SMILES string of the molecule is Cc1ccc(C#CC[C@@H](C)[C@H]2CC=C3C4=C(CC[C@@]32C)[C@@]2(C)CC[C@H](O)C(C)(C)[C@@H]2CC4)cc1. The summed E-state index contributed by atoms with van der Waals surface area (Å²) in [5.74, 6) is 8.82. The van der Waals surface area contributed by atoms with Crippen LogP contribution in [0.2, 0.25) is 0 Å². The fraction of sp³-hybridized carbons (Fsp3) is 0.636. The van der Waals surface area contributed by atoms with Gasteiger partial charge in [0.2, 0.25) is 0 Å². The minimum absolute atomic E-state index is 0.0174. The molecule has 5 rings (SSSR count). The average molecular weight is 457 g/mol. The Bertz CT molecular complexity index is 1070. The Morgan fingerprint density at radius 3 is 2.47 bits per heavy atom. The molecule has 1 N–H and O–H groups in total. The average Bonchev–Trinajstić information content (AvgIpc) is 3.15. The minimum atomic E-state index is -0.154. The summed E-state index contributed by atoms with van der Waals surface area (Å²) < 4.78 is 0. The number of aryl methyl sites for hydroxylation is 1. The van der Waals surface area contributed by atoms with E-state index in [2.05, 4.69) is 83.7 Å². The molecule has 0 heterocycles. The monoisotopic (exact) mass is 456 g/mol. The second-order valence-corrected chi connectivity index (χ2v) is 13.1. The molecule has 0 amide bonds. The predicted octanol–water partition coefficient (Wildman–Crippen LogP) is 8.01. The number of hydrogen-bond acceptors (Lipinski definition) is 1. The van der Waals surface area contributed by atoms with Crippen LogP contribution in [-0.4, -0.2) is 11.2 Å². The van der Waals surface area contributed by atoms with Gasteiger partial charge in [-0.15, -0.1) is 0 Å². The molecule has 1 aromatic rings. The summed E-state index contributed by atoms with van der Waals surface area (Å²) in [5.41, 5.74) is 8.19. The number of fused-ring (bicyclic) bond motifs is 4. The van der Waals surface area contributed by atoms with Gasteiger partial charge in [-0.2, -0.15) is 0 Å². The molecule has 0 unspecified atom stereocenters. The summed E-state index contributed by atoms with van der Waals surface area (Å²) in [6.07, 6.45) is 11.7. The normalized spacial score (nSPS) is 37.0. The van der Waals surface area contributed by atoms with Gasteiger partial charge in [-0.05, 0) is 109 Å². The second-order valence-electron chi connectivity index (χ2n) is 13.1. The highest BCUT2D eigenvalue weighted by molar-refractivity contribution is 5.50. The molecule has 0 saturated heterocycles. The van der Waals surface area contributed by atoms with Gasteiger partial charge < -0.3 is 5.11 Å². The third-order valence-electron chi connectivity index (χ3n) is 10.8. The summed E-state index contributed by atoms with van der Waals surface area (Å²) in [4.78, 5) is 0. The number of aliphatic hydroxyl groups excluding tert-OH is 1. The third-order valence-corrected chi connectivity index (χ3v) is 10.8. The third kappa shape index (κ3) is 3.64. The topological polar surface area (TPSA) is 20.2 Å². The molecule has 182 valence electrons. The lowest BCUT2D eigenvalue weighted by molar-refractivity contribution is -0.0905. The Labute approximate surface area is 208 Å². The van der Waals surface area contributed by atoms with E-state index in [-0.39, 0.29) is 16.9 Å². The number of allylic oxidation sites excluding steroid dienone is 4. The molecular formula is C33H44O. The highest BCUT2D eigenvalue weighted by Crippen LogP contribution is 2.66. The smallest absolute Gasteiger partial charge is 0.0594 e. The van der Waals surface area contributed by atoms with Crippen molar-refractivity contribution in [2.45, 2.75) is 99.0 Å². The van der Waals surface area contributed by atoms with E-state index in [1.807, 2.05) is 0 Å². The minimum Gasteiger partial charge on any atom is -0.393 e. The highest BCUT2D eigenvalue weighted by atomic mass is 16.3. The van der Waals surface area contributed by atoms with E-state index in [1.54, 1.807) is 16.7 Å². The maximum Gasteiger partial charge on any atom is 0.0594 e. The number of rotatable bonds is 2. The van der Waals surface area contributed by atoms with Crippen LogP contribution in [0.15, 0.2) is 47.1 Å². The molecule has 1 nitrogen and oxygen atoms in total. The van der Waals surface area contributed by atoms with Crippen LogP contribution in [0.5, 0.6) is 0 Å². The number of aliphatic hydroxyl groups is 1. The Morgan fingerprint density at radius 2 is 1.74 bits per heavy atom. The first-order valence-electron chi connectivity index (χ1n) is 13.7. The molecule has 1 aromatic carbocycles. The second kappa shape index (κ2) is 8.41. The first-order valence-corrected chi connectivity index (χ1v) is 13.7. The zero-order valence-electron chi connectivity index (χ0n) is 22.3. The molecule has 0 radical (unpaired) electrons. The summed E-state index contributed by atoms with van der Waals surface area (Å²) in [6.45, 7) is 14.3. The standard InChI is InChI=1S/C33H44O/c1-22-10-12-24(13-11-22)9-7-8-23(2)26-15-16-27-25-14-17-29-31(3,4)30(34)19-21-33(29,6)28(25)18-20-32(26,27)5/h10-13,16,23,26,29-30,34H,8,14-15,17-21H2,1-6H3/t23-,26-,29+,30+,32-,33-/m1/s1. The van der Waals surface area contributed by atoms with Gasteiger partial charge in [0, 0.05) is 12.0 Å². The van der Waals surface area contributed by atoms with E-state index in [0.29, 0.717) is 23.2 Å². The molecule has 0 aliphatic heterocycles. The Hall–Kier alpha value is -1.78. The van der Waals surface area contributed by atoms with Crippen molar-refractivity contribution < 1.29 is 5.11 Å². The predicted molar refractivity (Wildman–Crippen MR) is 142 cm³/mol. The molecule has 1 fully saturated rings. The van der Waals surface area contributed by atoms with Gasteiger partial charge in [0.05, 0.1) is 6.10 Å². The van der Waals surface area contributed by atoms with Gasteiger partial charge in [0.1, 0.15) is 0 Å². The van der Waals surface area contributed by atoms with Crippen molar-refractivity contribution in [3.05, 3.63) is 58.2 Å². The molecule has 6 atom stereocenters. The molecule has 0 aromatic heterocycles. The Balaban J connectivity index is 1.36. The molecule has 0 bridgehead atoms. The van der Waals surface area contributed by atoms with Crippen LogP contribution in [0.4, 0.5) is 0 Å². The molecule has 34 heavy (non-hydrogen) atoms. The first-order chi connectivity index (χ1) is 16.1. The first kappa shape index (κ1) is 23.9. The van der Waals surface area contributed by atoms with Gasteiger partial charge >= 0.3 is 0 Å². The maximum absolute atomic E-state index is 10.8. The van der Waals surface area contributed by atoms with Crippen LogP contribution in [0.3, 0.4) is 0 Å². The lowest BCUT2D eigenvalue weighted by Gasteiger charge is -2.59. The van der Waals surface area contributed by atoms with E-state index >= 15 is 0 Å². The van der Waals surface area contributed by atoms with Crippen LogP contribution < -0.4 is 0 Å². The van der Waals surface area contributed by atoms with Gasteiger partial charge in [0.15, 0.2) is 0 Å². The fourth-order valence-electron chi connectivity index (χ4n) is 8.67. The van der Waals surface area contributed by atoms with Crippen LogP contribution >= 0.6 is 0 Å². The van der Waals surface area contributed by atoms with Gasteiger partial charge in [-0.25, -0.2) is 0 Å². The summed E-state index contributed by atoms with van der Waals surface area (Å²) >= 11 is 0. The van der Waals surface area contributed by atoms with Gasteiger partial charge in [-0.3, -0.25) is 0 Å². The molecule has 1 heteroatoms. The van der Waals surface area contributed by atoms with Crippen molar-refractivity contribution in [3.8, 4) is 11.8 Å². The fourth-order valence-corrected chi connectivity index (χ4v) is 8.67. The molecule has 0 spiro atoms. The van der Waals surface area contributed by atoms with Crippen LogP contribution in [0.1, 0.15) is 97.1 Å². The van der Waals surface area contributed by atoms with Crippen molar-refractivity contribution in [2.24, 2.45) is 34.0 Å². The quantitative estimate of drug-likeness (QED) is 0.447. The van der Waals surface area contributed by atoms with E-state index in [9.17, 15) is 5.11 Å². The molecule has 4 aliphatic rings. The van der Waals surface area contributed by atoms with Crippen LogP contribution in [0.25, 0.3) is 0 Å². The largest absolute Gasteiger partial charge is 0.393 e. The van der Waals surface area contributed by atoms with Crippen molar-refractivity contribution >= 4 is 0 Å². The van der Waals surface area contributed by atoms with Gasteiger partial charge in [-0.1, -0.05) is 75.8 Å². The summed E-state index contributed by atoms with van der Waals surface area (Å²) in [5, 5.41) is 10.8. The highest BCUT2D eigenvalue weighted by Gasteiger charge is 2.57. The van der Waals surface area contributed by atoms with Crippen molar-refractivity contribution in [2.75, 3.05) is 0 Å². The molecular weight excluding hydrogens is 412 g/mol. The zero-order valence-corrected chi connectivity index (χ0v) is 22.3. The van der Waals surface area contributed by atoms with Crippen LogP contribution in [0, 0.1) is 52.8 Å². The van der Waals surface area contributed by atoms with Gasteiger partial charge in [0.25, 0.3) is 0 Å². The lowest BCUT2D eigenvalue weighted by Crippen LogP contribution is -2.53. The molecule has 4 aliphatic carbocycles. The number of hydrogen-bond donors (Lipinski definition) is 1. The van der Waals surface area contributed by atoms with E-state index in [4.69, 9.17) is 0 Å².